The molecule has 1 atom stereocenters. The van der Waals surface area contributed by atoms with E-state index in [4.69, 9.17) is 19.6 Å². The van der Waals surface area contributed by atoms with Gasteiger partial charge in [-0.25, -0.2) is 4.68 Å². The standard InChI is InChI=1S/C24H32N4O2.ClH/c1-6-11-21(18-12-9-8-10-13-18)28(16-7-2)24-25-23(27(3)26-24)20-15-14-19(29-4)17-22(20)30-5;/h8-10,12-15,17,21H,6-7,11,16H2,1-5H3;1H/t21-;/m0./s1. The van der Waals surface area contributed by atoms with Gasteiger partial charge in [0.15, 0.2) is 5.82 Å². The molecule has 3 aromatic rings. The zero-order valence-corrected chi connectivity index (χ0v) is 19.9. The van der Waals surface area contributed by atoms with E-state index in [-0.39, 0.29) is 18.4 Å². The van der Waals surface area contributed by atoms with Gasteiger partial charge in [-0.2, -0.15) is 4.98 Å². The molecule has 6 nitrogen and oxygen atoms in total. The highest BCUT2D eigenvalue weighted by molar-refractivity contribution is 5.85. The van der Waals surface area contributed by atoms with Crippen LogP contribution in [0.5, 0.6) is 11.5 Å². The van der Waals surface area contributed by atoms with Gasteiger partial charge in [0.1, 0.15) is 11.5 Å². The van der Waals surface area contributed by atoms with E-state index in [1.807, 2.05) is 29.9 Å². The molecule has 168 valence electrons. The molecule has 0 spiro atoms. The Kier molecular flexibility index (Phi) is 9.19. The van der Waals surface area contributed by atoms with E-state index in [2.05, 4.69) is 49.1 Å². The molecule has 1 heterocycles. The predicted molar refractivity (Wildman–Crippen MR) is 129 cm³/mol. The zero-order chi connectivity index (χ0) is 21.5. The number of hydrogen-bond donors (Lipinski definition) is 0. The Balaban J connectivity index is 0.00000341. The molecule has 0 aliphatic heterocycles. The van der Waals surface area contributed by atoms with E-state index >= 15 is 0 Å². The number of methoxy groups -OCH3 is 2. The molecule has 0 N–H and O–H groups in total. The number of rotatable bonds is 10. The summed E-state index contributed by atoms with van der Waals surface area (Å²) in [7, 11) is 5.23. The number of nitrogens with zero attached hydrogens (tertiary/aromatic N) is 4. The Labute approximate surface area is 191 Å². The second-order valence-electron chi connectivity index (χ2n) is 7.33. The van der Waals surface area contributed by atoms with Crippen molar-refractivity contribution in [2.45, 2.75) is 39.2 Å². The van der Waals surface area contributed by atoms with Crippen molar-refractivity contribution in [2.75, 3.05) is 25.7 Å². The summed E-state index contributed by atoms with van der Waals surface area (Å²) < 4.78 is 12.8. The van der Waals surface area contributed by atoms with Crippen molar-refractivity contribution in [3.05, 3.63) is 54.1 Å². The third-order valence-electron chi connectivity index (χ3n) is 5.25. The maximum absolute atomic E-state index is 5.60. The van der Waals surface area contributed by atoms with E-state index in [9.17, 15) is 0 Å². The first-order valence-corrected chi connectivity index (χ1v) is 10.6. The van der Waals surface area contributed by atoms with Crippen LogP contribution in [0, 0.1) is 0 Å². The number of hydrogen-bond acceptors (Lipinski definition) is 5. The van der Waals surface area contributed by atoms with Crippen LogP contribution in [0.15, 0.2) is 48.5 Å². The number of aromatic nitrogens is 3. The minimum Gasteiger partial charge on any atom is -0.497 e. The molecule has 3 rings (SSSR count). The average Bonchev–Trinajstić information content (AvgIpc) is 3.17. The summed E-state index contributed by atoms with van der Waals surface area (Å²) in [5, 5.41) is 4.80. The van der Waals surface area contributed by atoms with Gasteiger partial charge >= 0.3 is 0 Å². The molecular weight excluding hydrogens is 412 g/mol. The van der Waals surface area contributed by atoms with Crippen molar-refractivity contribution >= 4 is 18.4 Å². The van der Waals surface area contributed by atoms with Crippen LogP contribution in [0.2, 0.25) is 0 Å². The third-order valence-corrected chi connectivity index (χ3v) is 5.25. The molecule has 0 unspecified atom stereocenters. The van der Waals surface area contributed by atoms with Crippen LogP contribution in [0.4, 0.5) is 5.95 Å². The Bertz CT molecular complexity index is 946. The maximum atomic E-state index is 5.60. The van der Waals surface area contributed by atoms with E-state index in [0.717, 1.165) is 48.9 Å². The van der Waals surface area contributed by atoms with E-state index < -0.39 is 0 Å². The second-order valence-corrected chi connectivity index (χ2v) is 7.33. The fourth-order valence-electron chi connectivity index (χ4n) is 3.80. The highest BCUT2D eigenvalue weighted by Gasteiger charge is 2.25. The Morgan fingerprint density at radius 2 is 1.74 bits per heavy atom. The molecule has 0 aliphatic rings. The first-order valence-electron chi connectivity index (χ1n) is 10.6. The molecule has 1 aromatic heterocycles. The smallest absolute Gasteiger partial charge is 0.245 e. The number of benzene rings is 2. The molecule has 0 fully saturated rings. The van der Waals surface area contributed by atoms with Crippen molar-refractivity contribution in [2.24, 2.45) is 7.05 Å². The molecule has 0 amide bonds. The lowest BCUT2D eigenvalue weighted by Crippen LogP contribution is -2.30. The minimum absolute atomic E-state index is 0. The maximum Gasteiger partial charge on any atom is 0.245 e. The van der Waals surface area contributed by atoms with Gasteiger partial charge in [-0.15, -0.1) is 17.5 Å². The summed E-state index contributed by atoms with van der Waals surface area (Å²) in [5.41, 5.74) is 2.19. The van der Waals surface area contributed by atoms with Gasteiger partial charge < -0.3 is 14.4 Å². The van der Waals surface area contributed by atoms with Gasteiger partial charge in [-0.05, 0) is 30.5 Å². The third kappa shape index (κ3) is 5.50. The van der Waals surface area contributed by atoms with Crippen LogP contribution in [0.25, 0.3) is 11.4 Å². The molecule has 0 bridgehead atoms. The van der Waals surface area contributed by atoms with Crippen LogP contribution < -0.4 is 14.4 Å². The van der Waals surface area contributed by atoms with E-state index in [1.54, 1.807) is 14.2 Å². The first kappa shape index (κ1) is 24.5. The number of ether oxygens (including phenoxy) is 2. The molecule has 0 aliphatic carbocycles. The van der Waals surface area contributed by atoms with Crippen LogP contribution >= 0.6 is 12.4 Å². The van der Waals surface area contributed by atoms with Gasteiger partial charge in [-0.3, -0.25) is 0 Å². The second kappa shape index (κ2) is 11.6. The SMILES string of the molecule is CCC[C@@H](c1ccccc1)N(CCC)c1nc(-c2ccc(OC)cc2OC)n(C)n1.Cl. The number of anilines is 1. The number of halogens is 1. The summed E-state index contributed by atoms with van der Waals surface area (Å²) in [6.45, 7) is 5.31. The largest absolute Gasteiger partial charge is 0.497 e. The Hall–Kier alpha value is -2.73. The summed E-state index contributed by atoms with van der Waals surface area (Å²) in [5.74, 6) is 2.98. The molecule has 31 heavy (non-hydrogen) atoms. The van der Waals surface area contributed by atoms with Crippen molar-refractivity contribution in [3.8, 4) is 22.9 Å². The average molecular weight is 445 g/mol. The molecule has 2 aromatic carbocycles. The molecule has 0 radical (unpaired) electrons. The van der Waals surface area contributed by atoms with Crippen LogP contribution in [-0.2, 0) is 7.05 Å². The lowest BCUT2D eigenvalue weighted by Gasteiger charge is -2.31. The van der Waals surface area contributed by atoms with Gasteiger partial charge in [-0.1, -0.05) is 50.6 Å². The predicted octanol–water partition coefficient (Wildman–Crippen LogP) is 5.68. The Morgan fingerprint density at radius 1 is 1.00 bits per heavy atom. The molecular formula is C24H33ClN4O2. The zero-order valence-electron chi connectivity index (χ0n) is 19.0. The van der Waals surface area contributed by atoms with Gasteiger partial charge in [0.25, 0.3) is 0 Å². The van der Waals surface area contributed by atoms with E-state index in [1.165, 1.54) is 5.56 Å². The van der Waals surface area contributed by atoms with Crippen molar-refractivity contribution in [3.63, 3.8) is 0 Å². The monoisotopic (exact) mass is 444 g/mol. The highest BCUT2D eigenvalue weighted by Crippen LogP contribution is 2.35. The van der Waals surface area contributed by atoms with Gasteiger partial charge in [0.05, 0.1) is 25.8 Å². The van der Waals surface area contributed by atoms with Crippen molar-refractivity contribution in [1.29, 1.82) is 0 Å². The molecule has 0 saturated heterocycles. The van der Waals surface area contributed by atoms with Crippen LogP contribution in [-0.4, -0.2) is 35.5 Å². The summed E-state index contributed by atoms with van der Waals surface area (Å²) in [6.07, 6.45) is 3.15. The summed E-state index contributed by atoms with van der Waals surface area (Å²) >= 11 is 0. The van der Waals surface area contributed by atoms with Gasteiger partial charge in [0.2, 0.25) is 5.95 Å². The Morgan fingerprint density at radius 3 is 2.35 bits per heavy atom. The topological polar surface area (TPSA) is 52.4 Å². The summed E-state index contributed by atoms with van der Waals surface area (Å²) in [4.78, 5) is 7.28. The quantitative estimate of drug-likeness (QED) is 0.402. The van der Waals surface area contributed by atoms with Crippen molar-refractivity contribution in [1.82, 2.24) is 14.8 Å². The van der Waals surface area contributed by atoms with Crippen LogP contribution in [0.1, 0.15) is 44.7 Å². The van der Waals surface area contributed by atoms with Gasteiger partial charge in [0, 0.05) is 19.7 Å². The number of aryl methyl sites for hydroxylation is 1. The van der Waals surface area contributed by atoms with Crippen LogP contribution in [0.3, 0.4) is 0 Å². The molecule has 0 saturated carbocycles. The van der Waals surface area contributed by atoms with E-state index in [0.29, 0.717) is 5.75 Å². The van der Waals surface area contributed by atoms with Crippen molar-refractivity contribution < 1.29 is 9.47 Å². The fourth-order valence-corrected chi connectivity index (χ4v) is 3.80. The summed E-state index contributed by atoms with van der Waals surface area (Å²) in [6, 6.07) is 16.6. The normalized spacial score (nSPS) is 11.5. The minimum atomic E-state index is 0. The molecule has 7 heteroatoms. The highest BCUT2D eigenvalue weighted by atomic mass is 35.5. The fraction of sp³-hybridized carbons (Fsp3) is 0.417. The first-order chi connectivity index (χ1) is 14.6. The lowest BCUT2D eigenvalue weighted by molar-refractivity contribution is 0.395. The lowest BCUT2D eigenvalue weighted by atomic mass is 10.0.